The molecule has 0 radical (unpaired) electrons. The fourth-order valence-corrected chi connectivity index (χ4v) is 3.40. The molecule has 0 saturated heterocycles. The second-order valence-corrected chi connectivity index (χ2v) is 6.54. The predicted octanol–water partition coefficient (Wildman–Crippen LogP) is 0.776. The minimum absolute atomic E-state index is 0.313. The molecule has 0 saturated carbocycles. The van der Waals surface area contributed by atoms with Crippen molar-refractivity contribution in [3.63, 3.8) is 0 Å². The summed E-state index contributed by atoms with van der Waals surface area (Å²) in [6, 6.07) is 0.566. The van der Waals surface area contributed by atoms with Crippen molar-refractivity contribution in [1.82, 2.24) is 10.0 Å². The third-order valence-corrected chi connectivity index (χ3v) is 4.97. The Kier molecular flexibility index (Phi) is 4.38. The number of carbonyl (C=O) groups is 2. The molecule has 0 aliphatic rings. The number of carboxylic acid groups (broad SMARTS) is 1. The van der Waals surface area contributed by atoms with Crippen molar-refractivity contribution in [3.8, 4) is 0 Å². The molecule has 0 aliphatic carbocycles. The van der Waals surface area contributed by atoms with E-state index < -0.39 is 28.3 Å². The number of nitrogens with one attached hydrogen (secondary N) is 2. The number of rotatable bonds is 4. The Morgan fingerprint density at radius 1 is 1.59 bits per heavy atom. The summed E-state index contributed by atoms with van der Waals surface area (Å²) in [7, 11) is -3.01. The van der Waals surface area contributed by atoms with Crippen LogP contribution in [0.5, 0.6) is 0 Å². The standard InChI is InChI=1S/C8H9ClN2O4S2/c1-17(15,7-2-5(9)4-16-7)11-8(14)10-3-6(12)13/h2,4H,1,3H2,(H,12,13)(H2,10,11,14,15). The van der Waals surface area contributed by atoms with Gasteiger partial charge in [0.15, 0.2) is 0 Å². The van der Waals surface area contributed by atoms with Gasteiger partial charge in [-0.2, -0.15) is 0 Å². The zero-order chi connectivity index (χ0) is 13.1. The maximum atomic E-state index is 12.0. The summed E-state index contributed by atoms with van der Waals surface area (Å²) in [6.45, 7) is -0.563. The Bertz CT molecular complexity index is 537. The highest BCUT2D eigenvalue weighted by Gasteiger charge is 2.14. The van der Waals surface area contributed by atoms with Crippen LogP contribution < -0.4 is 10.0 Å². The number of hydrogen-bond donors (Lipinski definition) is 3. The molecule has 0 spiro atoms. The van der Waals surface area contributed by atoms with E-state index in [0.29, 0.717) is 9.23 Å². The van der Waals surface area contributed by atoms with Crippen LogP contribution >= 0.6 is 22.9 Å². The van der Waals surface area contributed by atoms with Crippen molar-refractivity contribution in [2.24, 2.45) is 0 Å². The minimum atomic E-state index is -3.01. The first-order valence-electron chi connectivity index (χ1n) is 4.20. The van der Waals surface area contributed by atoms with Crippen LogP contribution in [0.25, 0.3) is 0 Å². The van der Waals surface area contributed by atoms with E-state index >= 15 is 0 Å². The van der Waals surface area contributed by atoms with Crippen molar-refractivity contribution in [2.45, 2.75) is 4.21 Å². The lowest BCUT2D eigenvalue weighted by atomic mass is 10.7. The summed E-state index contributed by atoms with van der Waals surface area (Å²) >= 11 is 6.75. The average Bonchev–Trinajstić information content (AvgIpc) is 2.62. The van der Waals surface area contributed by atoms with Gasteiger partial charge in [-0.3, -0.25) is 9.52 Å². The first kappa shape index (κ1) is 13.8. The molecule has 1 aromatic rings. The zero-order valence-corrected chi connectivity index (χ0v) is 10.8. The number of aliphatic carboxylic acids is 1. The van der Waals surface area contributed by atoms with Gasteiger partial charge in [0.1, 0.15) is 10.8 Å². The Balaban J connectivity index is 2.67. The van der Waals surface area contributed by atoms with Crippen LogP contribution in [0.4, 0.5) is 4.79 Å². The Labute approximate surface area is 107 Å². The fraction of sp³-hybridized carbons (Fsp3) is 0.125. The summed E-state index contributed by atoms with van der Waals surface area (Å²) < 4.78 is 14.4. The molecule has 0 aromatic carbocycles. The summed E-state index contributed by atoms with van der Waals surface area (Å²) in [4.78, 5) is 21.4. The third-order valence-electron chi connectivity index (χ3n) is 1.53. The van der Waals surface area contributed by atoms with Crippen LogP contribution in [0.2, 0.25) is 5.02 Å². The largest absolute Gasteiger partial charge is 0.480 e. The first-order chi connectivity index (χ1) is 7.81. The summed E-state index contributed by atoms with van der Waals surface area (Å²) in [5.74, 6) is 2.18. The van der Waals surface area contributed by atoms with Gasteiger partial charge >= 0.3 is 12.0 Å². The molecular formula is C8H9ClN2O4S2. The monoisotopic (exact) mass is 296 g/mol. The average molecular weight is 297 g/mol. The van der Waals surface area contributed by atoms with Gasteiger partial charge in [0.2, 0.25) is 0 Å². The van der Waals surface area contributed by atoms with Gasteiger partial charge in [-0.25, -0.2) is 9.00 Å². The Morgan fingerprint density at radius 3 is 2.71 bits per heavy atom. The normalized spacial score (nSPS) is 13.7. The van der Waals surface area contributed by atoms with Crippen molar-refractivity contribution in [3.05, 3.63) is 16.5 Å². The van der Waals surface area contributed by atoms with Gasteiger partial charge in [0, 0.05) is 5.38 Å². The highest BCUT2D eigenvalue weighted by molar-refractivity contribution is 8.00. The lowest BCUT2D eigenvalue weighted by Crippen LogP contribution is -2.41. The molecular weight excluding hydrogens is 288 g/mol. The second kappa shape index (κ2) is 5.39. The molecule has 0 bridgehead atoms. The molecule has 1 atom stereocenters. The van der Waals surface area contributed by atoms with E-state index in [4.69, 9.17) is 16.7 Å². The van der Waals surface area contributed by atoms with Gasteiger partial charge in [-0.05, 0) is 11.9 Å². The van der Waals surface area contributed by atoms with E-state index in [1.54, 1.807) is 5.38 Å². The Hall–Kier alpha value is -1.25. The summed E-state index contributed by atoms with van der Waals surface area (Å²) in [5.41, 5.74) is 0. The van der Waals surface area contributed by atoms with Crippen LogP contribution in [0.3, 0.4) is 0 Å². The van der Waals surface area contributed by atoms with Gasteiger partial charge in [0.25, 0.3) is 0 Å². The highest BCUT2D eigenvalue weighted by Crippen LogP contribution is 2.23. The van der Waals surface area contributed by atoms with Gasteiger partial charge in [-0.1, -0.05) is 11.6 Å². The molecule has 9 heteroatoms. The second-order valence-electron chi connectivity index (χ2n) is 2.94. The molecule has 6 nitrogen and oxygen atoms in total. The van der Waals surface area contributed by atoms with Crippen molar-refractivity contribution in [1.29, 1.82) is 0 Å². The number of carboxylic acids is 1. The Morgan fingerprint density at radius 2 is 2.24 bits per heavy atom. The van der Waals surface area contributed by atoms with Gasteiger partial charge in [0.05, 0.1) is 14.7 Å². The van der Waals surface area contributed by atoms with Crippen LogP contribution in [0.1, 0.15) is 0 Å². The van der Waals surface area contributed by atoms with E-state index in [0.717, 1.165) is 11.3 Å². The van der Waals surface area contributed by atoms with Crippen LogP contribution in [-0.4, -0.2) is 33.7 Å². The number of amides is 2. The first-order valence-corrected chi connectivity index (χ1v) is 7.18. The lowest BCUT2D eigenvalue weighted by Gasteiger charge is -2.09. The SMILES string of the molecule is C=S(=O)(NC(=O)NCC(=O)O)c1cc(Cl)cs1. The molecule has 1 unspecified atom stereocenters. The van der Waals surface area contributed by atoms with E-state index in [1.165, 1.54) is 6.07 Å². The molecule has 3 N–H and O–H groups in total. The van der Waals surface area contributed by atoms with Gasteiger partial charge in [-0.15, -0.1) is 11.3 Å². The maximum absolute atomic E-state index is 12.0. The number of hydrogen-bond acceptors (Lipinski definition) is 4. The fourth-order valence-electron chi connectivity index (χ4n) is 0.860. The van der Waals surface area contributed by atoms with E-state index in [1.807, 2.05) is 5.32 Å². The van der Waals surface area contributed by atoms with Crippen molar-refractivity contribution >= 4 is 50.5 Å². The van der Waals surface area contributed by atoms with Crippen LogP contribution in [-0.2, 0) is 14.5 Å². The molecule has 1 aromatic heterocycles. The quantitative estimate of drug-likeness (QED) is 0.715. The van der Waals surface area contributed by atoms with Crippen LogP contribution in [0, 0.1) is 0 Å². The number of thiophene rings is 1. The van der Waals surface area contributed by atoms with Gasteiger partial charge < -0.3 is 10.4 Å². The number of halogens is 1. The molecule has 1 rings (SSSR count). The summed E-state index contributed by atoms with van der Waals surface area (Å²) in [6.07, 6.45) is 0. The smallest absolute Gasteiger partial charge is 0.326 e. The summed E-state index contributed by atoms with van der Waals surface area (Å²) in [5, 5.41) is 12.3. The molecule has 2 amide bonds. The number of urea groups is 1. The molecule has 0 aliphatic heterocycles. The maximum Gasteiger partial charge on any atom is 0.326 e. The van der Waals surface area contributed by atoms with Crippen molar-refractivity contribution in [2.75, 3.05) is 6.54 Å². The highest BCUT2D eigenvalue weighted by atomic mass is 35.5. The van der Waals surface area contributed by atoms with E-state index in [-0.39, 0.29) is 0 Å². The molecule has 1 heterocycles. The van der Waals surface area contributed by atoms with Crippen LogP contribution in [0.15, 0.2) is 15.7 Å². The van der Waals surface area contributed by atoms with Crippen molar-refractivity contribution < 1.29 is 18.9 Å². The molecule has 0 fully saturated rings. The zero-order valence-electron chi connectivity index (χ0n) is 8.44. The predicted molar refractivity (Wildman–Crippen MR) is 67.0 cm³/mol. The minimum Gasteiger partial charge on any atom is -0.480 e. The lowest BCUT2D eigenvalue weighted by molar-refractivity contribution is -0.135. The topological polar surface area (TPSA) is 95.5 Å². The number of carbonyl (C=O) groups excluding carboxylic acids is 1. The van der Waals surface area contributed by atoms with E-state index in [9.17, 15) is 13.8 Å². The third kappa shape index (κ3) is 4.25. The molecule has 17 heavy (non-hydrogen) atoms. The molecule has 94 valence electrons. The van der Waals surface area contributed by atoms with E-state index in [2.05, 4.69) is 10.6 Å².